The van der Waals surface area contributed by atoms with E-state index in [1.807, 2.05) is 6.92 Å². The molecule has 0 aromatic heterocycles. The van der Waals surface area contributed by atoms with Crippen LogP contribution in [0.1, 0.15) is 13.3 Å². The Morgan fingerprint density at radius 1 is 1.58 bits per heavy atom. The van der Waals surface area contributed by atoms with E-state index in [-0.39, 0.29) is 10.5 Å². The van der Waals surface area contributed by atoms with Crippen LogP contribution in [0.4, 0.5) is 0 Å². The molecule has 0 aliphatic carbocycles. The number of ether oxygens (including phenoxy) is 1. The summed E-state index contributed by atoms with van der Waals surface area (Å²) in [5, 5.41) is 3.95. The zero-order chi connectivity index (χ0) is 8.55. The Labute approximate surface area is 75.3 Å². The first-order chi connectivity index (χ1) is 5.79. The lowest BCUT2D eigenvalue weighted by molar-refractivity contribution is 0.0796. The molecule has 4 atom stereocenters. The van der Waals surface area contributed by atoms with E-state index in [0.717, 1.165) is 19.6 Å². The molecule has 2 heterocycles. The molecule has 0 spiro atoms. The van der Waals surface area contributed by atoms with Gasteiger partial charge < -0.3 is 10.1 Å². The Morgan fingerprint density at radius 2 is 2.42 bits per heavy atom. The van der Waals surface area contributed by atoms with Crippen molar-refractivity contribution in [3.8, 4) is 0 Å². The molecule has 12 heavy (non-hydrogen) atoms. The molecule has 0 radical (unpaired) electrons. The van der Waals surface area contributed by atoms with Gasteiger partial charge in [0.2, 0.25) is 0 Å². The smallest absolute Gasteiger partial charge is 0.0738 e. The SMILES string of the molecule is CC1CNC2CCOCC2S1=O. The molecule has 0 aromatic rings. The molecule has 0 saturated carbocycles. The van der Waals surface area contributed by atoms with Crippen molar-refractivity contribution in [3.05, 3.63) is 0 Å². The zero-order valence-electron chi connectivity index (χ0n) is 7.29. The van der Waals surface area contributed by atoms with E-state index in [4.69, 9.17) is 4.74 Å². The van der Waals surface area contributed by atoms with Crippen LogP contribution in [0.2, 0.25) is 0 Å². The topological polar surface area (TPSA) is 38.3 Å². The highest BCUT2D eigenvalue weighted by atomic mass is 32.2. The lowest BCUT2D eigenvalue weighted by Gasteiger charge is -2.38. The van der Waals surface area contributed by atoms with E-state index in [9.17, 15) is 4.21 Å². The van der Waals surface area contributed by atoms with Crippen LogP contribution in [-0.2, 0) is 15.5 Å². The average molecular weight is 189 g/mol. The van der Waals surface area contributed by atoms with Gasteiger partial charge in [-0.25, -0.2) is 0 Å². The fourth-order valence-corrected chi connectivity index (χ4v) is 3.52. The predicted molar refractivity (Wildman–Crippen MR) is 48.6 cm³/mol. The van der Waals surface area contributed by atoms with Gasteiger partial charge in [-0.05, 0) is 13.3 Å². The summed E-state index contributed by atoms with van der Waals surface area (Å²) < 4.78 is 17.1. The van der Waals surface area contributed by atoms with Crippen molar-refractivity contribution in [2.45, 2.75) is 29.9 Å². The van der Waals surface area contributed by atoms with Crippen LogP contribution in [0.15, 0.2) is 0 Å². The molecule has 70 valence electrons. The Kier molecular flexibility index (Phi) is 2.48. The quantitative estimate of drug-likeness (QED) is 0.577. The molecule has 0 bridgehead atoms. The van der Waals surface area contributed by atoms with E-state index in [1.165, 1.54) is 0 Å². The summed E-state index contributed by atoms with van der Waals surface area (Å²) in [5.74, 6) is 0. The van der Waals surface area contributed by atoms with Gasteiger partial charge in [-0.3, -0.25) is 4.21 Å². The molecule has 2 saturated heterocycles. The normalized spacial score (nSPS) is 48.4. The molecule has 0 aromatic carbocycles. The van der Waals surface area contributed by atoms with E-state index in [0.29, 0.717) is 12.6 Å². The van der Waals surface area contributed by atoms with Gasteiger partial charge in [-0.1, -0.05) is 0 Å². The minimum absolute atomic E-state index is 0.238. The van der Waals surface area contributed by atoms with Crippen LogP contribution in [0.25, 0.3) is 0 Å². The van der Waals surface area contributed by atoms with Gasteiger partial charge in [0, 0.05) is 35.2 Å². The maximum Gasteiger partial charge on any atom is 0.0738 e. The Bertz CT molecular complexity index is 197. The number of hydrogen-bond donors (Lipinski definition) is 1. The Morgan fingerprint density at radius 3 is 3.25 bits per heavy atom. The van der Waals surface area contributed by atoms with Crippen molar-refractivity contribution < 1.29 is 8.95 Å². The molecule has 3 nitrogen and oxygen atoms in total. The highest BCUT2D eigenvalue weighted by Gasteiger charge is 2.36. The summed E-state index contributed by atoms with van der Waals surface area (Å²) in [6.07, 6.45) is 1.02. The molecule has 2 aliphatic heterocycles. The highest BCUT2D eigenvalue weighted by Crippen LogP contribution is 2.20. The van der Waals surface area contributed by atoms with Gasteiger partial charge in [0.05, 0.1) is 11.9 Å². The first kappa shape index (κ1) is 8.66. The van der Waals surface area contributed by atoms with Crippen LogP contribution < -0.4 is 5.32 Å². The molecule has 2 rings (SSSR count). The van der Waals surface area contributed by atoms with Gasteiger partial charge in [0.25, 0.3) is 0 Å². The van der Waals surface area contributed by atoms with Crippen LogP contribution >= 0.6 is 0 Å². The Hall–Kier alpha value is 0.0700. The largest absolute Gasteiger partial charge is 0.380 e. The van der Waals surface area contributed by atoms with Crippen LogP contribution in [0.3, 0.4) is 0 Å². The molecule has 4 heteroatoms. The third-order valence-corrected chi connectivity index (χ3v) is 4.69. The molecule has 2 fully saturated rings. The van der Waals surface area contributed by atoms with Crippen molar-refractivity contribution in [1.82, 2.24) is 5.32 Å². The van der Waals surface area contributed by atoms with Gasteiger partial charge >= 0.3 is 0 Å². The molecular weight excluding hydrogens is 174 g/mol. The molecule has 4 unspecified atom stereocenters. The minimum atomic E-state index is -0.689. The second kappa shape index (κ2) is 3.44. The van der Waals surface area contributed by atoms with Crippen molar-refractivity contribution in [3.63, 3.8) is 0 Å². The standard InChI is InChI=1S/C8H15NO2S/c1-6-4-9-7-2-3-11-5-8(7)12(6)10/h6-9H,2-5H2,1H3. The summed E-state index contributed by atoms with van der Waals surface area (Å²) >= 11 is 0. The Balaban J connectivity index is 2.08. The van der Waals surface area contributed by atoms with Crippen molar-refractivity contribution in [1.29, 1.82) is 0 Å². The van der Waals surface area contributed by atoms with Crippen molar-refractivity contribution in [2.75, 3.05) is 19.8 Å². The number of hydrogen-bond acceptors (Lipinski definition) is 3. The molecule has 2 aliphatic rings. The van der Waals surface area contributed by atoms with Gasteiger partial charge in [-0.15, -0.1) is 0 Å². The molecular formula is C8H15NO2S. The predicted octanol–water partition coefficient (Wildman–Crippen LogP) is -0.116. The van der Waals surface area contributed by atoms with Crippen LogP contribution in [-0.4, -0.2) is 40.5 Å². The maximum atomic E-state index is 11.8. The van der Waals surface area contributed by atoms with Gasteiger partial charge in [0.15, 0.2) is 0 Å². The maximum absolute atomic E-state index is 11.8. The third-order valence-electron chi connectivity index (χ3n) is 2.67. The van der Waals surface area contributed by atoms with Gasteiger partial charge in [0.1, 0.15) is 0 Å². The first-order valence-electron chi connectivity index (χ1n) is 4.49. The lowest BCUT2D eigenvalue weighted by atomic mass is 10.1. The average Bonchev–Trinajstić information content (AvgIpc) is 2.12. The lowest BCUT2D eigenvalue weighted by Crippen LogP contribution is -2.57. The monoisotopic (exact) mass is 189 g/mol. The van der Waals surface area contributed by atoms with Crippen molar-refractivity contribution >= 4 is 10.8 Å². The molecule has 0 amide bonds. The fourth-order valence-electron chi connectivity index (χ4n) is 1.87. The van der Waals surface area contributed by atoms with E-state index in [2.05, 4.69) is 5.32 Å². The first-order valence-corrected chi connectivity index (χ1v) is 5.77. The summed E-state index contributed by atoms with van der Waals surface area (Å²) in [6, 6.07) is 0.441. The number of rotatable bonds is 0. The van der Waals surface area contributed by atoms with E-state index in [1.54, 1.807) is 0 Å². The van der Waals surface area contributed by atoms with E-state index >= 15 is 0 Å². The fraction of sp³-hybridized carbons (Fsp3) is 1.00. The summed E-state index contributed by atoms with van der Waals surface area (Å²) in [4.78, 5) is 0. The third kappa shape index (κ3) is 1.43. The second-order valence-corrected chi connectivity index (χ2v) is 5.62. The van der Waals surface area contributed by atoms with Crippen LogP contribution in [0.5, 0.6) is 0 Å². The number of fused-ring (bicyclic) bond motifs is 1. The van der Waals surface area contributed by atoms with Gasteiger partial charge in [-0.2, -0.15) is 0 Å². The van der Waals surface area contributed by atoms with E-state index < -0.39 is 10.8 Å². The molecule has 1 N–H and O–H groups in total. The zero-order valence-corrected chi connectivity index (χ0v) is 8.10. The van der Waals surface area contributed by atoms with Crippen LogP contribution in [0, 0.1) is 0 Å². The summed E-state index contributed by atoms with van der Waals surface area (Å²) in [7, 11) is -0.689. The highest BCUT2D eigenvalue weighted by molar-refractivity contribution is 7.86. The summed E-state index contributed by atoms with van der Waals surface area (Å²) in [5.41, 5.74) is 0. The van der Waals surface area contributed by atoms with Crippen molar-refractivity contribution in [2.24, 2.45) is 0 Å². The summed E-state index contributed by atoms with van der Waals surface area (Å²) in [6.45, 7) is 4.43. The minimum Gasteiger partial charge on any atom is -0.380 e. The second-order valence-electron chi connectivity index (χ2n) is 3.56. The number of nitrogens with one attached hydrogen (secondary N) is 1.